The minimum Gasteiger partial charge on any atom is -0.474 e. The van der Waals surface area contributed by atoms with E-state index in [0.717, 1.165) is 60.9 Å². The third-order valence-corrected chi connectivity index (χ3v) is 6.56. The standard InChI is InChI=1S/C25H29ClN4O2/c1-16(2)31-21-14-18-13-19(26)8-11-22(18)30-23(15-21)28-29-25(30)17-6-9-20(10-7-17)32-24-5-3-4-12-27-24/h3-5,8,11-13,16-17,20-21H,6-7,9-10,14-15H2,1-2H3/t17-,20-,21?. The lowest BCUT2D eigenvalue weighted by Gasteiger charge is -2.28. The number of hydrogen-bond donors (Lipinski definition) is 0. The summed E-state index contributed by atoms with van der Waals surface area (Å²) < 4.78 is 14.6. The Balaban J connectivity index is 1.39. The van der Waals surface area contributed by atoms with E-state index in [1.54, 1.807) is 6.20 Å². The smallest absolute Gasteiger partial charge is 0.213 e. The normalized spacial score (nSPS) is 22.8. The zero-order valence-corrected chi connectivity index (χ0v) is 19.3. The van der Waals surface area contributed by atoms with Crippen LogP contribution in [0.3, 0.4) is 0 Å². The quantitative estimate of drug-likeness (QED) is 0.524. The van der Waals surface area contributed by atoms with Crippen molar-refractivity contribution in [2.45, 2.75) is 76.6 Å². The predicted molar refractivity (Wildman–Crippen MR) is 124 cm³/mol. The fourth-order valence-corrected chi connectivity index (χ4v) is 5.15. The van der Waals surface area contributed by atoms with Crippen LogP contribution in [-0.4, -0.2) is 38.1 Å². The lowest BCUT2D eigenvalue weighted by Crippen LogP contribution is -2.25. The topological polar surface area (TPSA) is 62.1 Å². The molecule has 0 radical (unpaired) electrons. The highest BCUT2D eigenvalue weighted by Gasteiger charge is 2.32. The van der Waals surface area contributed by atoms with E-state index in [1.165, 1.54) is 5.56 Å². The molecule has 1 unspecified atom stereocenters. The number of aromatic nitrogens is 4. The monoisotopic (exact) mass is 452 g/mol. The first-order valence-electron chi connectivity index (χ1n) is 11.5. The van der Waals surface area contributed by atoms with Crippen LogP contribution in [0.1, 0.15) is 62.7 Å². The third-order valence-electron chi connectivity index (χ3n) is 6.32. The van der Waals surface area contributed by atoms with Gasteiger partial charge in [0.1, 0.15) is 17.8 Å². The lowest BCUT2D eigenvalue weighted by molar-refractivity contribution is 0.00837. The average molecular weight is 453 g/mol. The van der Waals surface area contributed by atoms with Gasteiger partial charge in [-0.15, -0.1) is 10.2 Å². The van der Waals surface area contributed by atoms with Crippen LogP contribution in [0.25, 0.3) is 5.69 Å². The summed E-state index contributed by atoms with van der Waals surface area (Å²) in [5, 5.41) is 10.0. The summed E-state index contributed by atoms with van der Waals surface area (Å²) in [5.74, 6) is 3.07. The number of rotatable bonds is 5. The van der Waals surface area contributed by atoms with Crippen LogP contribution < -0.4 is 4.74 Å². The molecular weight excluding hydrogens is 424 g/mol. The second kappa shape index (κ2) is 9.20. The lowest BCUT2D eigenvalue weighted by atomic mass is 9.86. The largest absolute Gasteiger partial charge is 0.474 e. The van der Waals surface area contributed by atoms with Gasteiger partial charge in [-0.05, 0) is 69.4 Å². The Bertz CT molecular complexity index is 1060. The molecule has 3 aromatic rings. The SMILES string of the molecule is CC(C)OC1Cc2cc(Cl)ccc2-n2c(nnc2[C@H]2CC[C@H](Oc3ccccn3)CC2)C1. The molecule has 0 bridgehead atoms. The third kappa shape index (κ3) is 4.52. The number of ether oxygens (including phenoxy) is 2. The number of pyridine rings is 1. The van der Waals surface area contributed by atoms with Crippen LogP contribution in [-0.2, 0) is 17.6 Å². The van der Waals surface area contributed by atoms with Gasteiger partial charge in [0.2, 0.25) is 5.88 Å². The van der Waals surface area contributed by atoms with Crippen molar-refractivity contribution in [1.82, 2.24) is 19.7 Å². The first-order valence-corrected chi connectivity index (χ1v) is 11.9. The summed E-state index contributed by atoms with van der Waals surface area (Å²) in [4.78, 5) is 4.30. The number of benzene rings is 1. The first kappa shape index (κ1) is 21.4. The van der Waals surface area contributed by atoms with E-state index in [9.17, 15) is 0 Å². The van der Waals surface area contributed by atoms with Crippen LogP contribution in [0.4, 0.5) is 0 Å². The van der Waals surface area contributed by atoms with Gasteiger partial charge in [-0.2, -0.15) is 0 Å². The Hall–Kier alpha value is -2.44. The Labute approximate surface area is 193 Å². The Morgan fingerprint density at radius 2 is 1.84 bits per heavy atom. The predicted octanol–water partition coefficient (Wildman–Crippen LogP) is 5.31. The second-order valence-corrected chi connectivity index (χ2v) is 9.49. The van der Waals surface area contributed by atoms with Crippen LogP contribution in [0.5, 0.6) is 5.88 Å². The van der Waals surface area contributed by atoms with Gasteiger partial charge in [0.05, 0.1) is 17.9 Å². The molecule has 2 aromatic heterocycles. The van der Waals surface area contributed by atoms with Gasteiger partial charge < -0.3 is 9.47 Å². The molecule has 6 nitrogen and oxygen atoms in total. The molecule has 1 aromatic carbocycles. The van der Waals surface area contributed by atoms with Crippen molar-refractivity contribution in [3.63, 3.8) is 0 Å². The van der Waals surface area contributed by atoms with Crippen LogP contribution >= 0.6 is 11.6 Å². The van der Waals surface area contributed by atoms with Gasteiger partial charge in [-0.25, -0.2) is 4.98 Å². The fraction of sp³-hybridized carbons (Fsp3) is 0.480. The Morgan fingerprint density at radius 1 is 1.00 bits per heavy atom. The summed E-state index contributed by atoms with van der Waals surface area (Å²) in [7, 11) is 0. The molecular formula is C25H29ClN4O2. The number of fused-ring (bicyclic) bond motifs is 3. The molecule has 1 aliphatic heterocycles. The first-order chi connectivity index (χ1) is 15.6. The Kier molecular flexibility index (Phi) is 6.15. The zero-order chi connectivity index (χ0) is 22.1. The summed E-state index contributed by atoms with van der Waals surface area (Å²) in [6.07, 6.45) is 7.76. The summed E-state index contributed by atoms with van der Waals surface area (Å²) >= 11 is 6.36. The van der Waals surface area contributed by atoms with E-state index in [2.05, 4.69) is 45.7 Å². The highest BCUT2D eigenvalue weighted by molar-refractivity contribution is 6.30. The van der Waals surface area contributed by atoms with E-state index >= 15 is 0 Å². The summed E-state index contributed by atoms with van der Waals surface area (Å²) in [6.45, 7) is 4.15. The van der Waals surface area contributed by atoms with E-state index in [0.29, 0.717) is 11.8 Å². The van der Waals surface area contributed by atoms with Crippen molar-refractivity contribution < 1.29 is 9.47 Å². The van der Waals surface area contributed by atoms with Gasteiger partial charge in [0, 0.05) is 36.0 Å². The van der Waals surface area contributed by atoms with Gasteiger partial charge in [-0.1, -0.05) is 17.7 Å². The van der Waals surface area contributed by atoms with Gasteiger partial charge in [0.25, 0.3) is 0 Å². The molecule has 32 heavy (non-hydrogen) atoms. The van der Waals surface area contributed by atoms with E-state index in [-0.39, 0.29) is 18.3 Å². The average Bonchev–Trinajstić information content (AvgIpc) is 3.11. The van der Waals surface area contributed by atoms with E-state index < -0.39 is 0 Å². The molecule has 168 valence electrons. The minimum atomic E-state index is 0.0630. The molecule has 1 atom stereocenters. The van der Waals surface area contributed by atoms with Crippen LogP contribution in [0.15, 0.2) is 42.6 Å². The van der Waals surface area contributed by atoms with Crippen molar-refractivity contribution >= 4 is 11.6 Å². The molecule has 7 heteroatoms. The summed E-state index contributed by atoms with van der Waals surface area (Å²) in [6, 6.07) is 11.9. The molecule has 5 rings (SSSR count). The molecule has 0 amide bonds. The maximum atomic E-state index is 6.36. The number of nitrogens with zero attached hydrogens (tertiary/aromatic N) is 4. The number of halogens is 1. The molecule has 1 saturated carbocycles. The number of hydrogen-bond acceptors (Lipinski definition) is 5. The van der Waals surface area contributed by atoms with Crippen molar-refractivity contribution in [1.29, 1.82) is 0 Å². The van der Waals surface area contributed by atoms with Crippen LogP contribution in [0, 0.1) is 0 Å². The maximum Gasteiger partial charge on any atom is 0.213 e. The Morgan fingerprint density at radius 3 is 2.59 bits per heavy atom. The molecule has 2 aliphatic rings. The molecule has 0 N–H and O–H groups in total. The van der Waals surface area contributed by atoms with Gasteiger partial charge >= 0.3 is 0 Å². The minimum absolute atomic E-state index is 0.0630. The maximum absolute atomic E-state index is 6.36. The van der Waals surface area contributed by atoms with E-state index in [4.69, 9.17) is 21.1 Å². The molecule has 1 aliphatic carbocycles. The van der Waals surface area contributed by atoms with Crippen molar-refractivity contribution in [2.75, 3.05) is 0 Å². The molecule has 3 heterocycles. The van der Waals surface area contributed by atoms with Crippen LogP contribution in [0.2, 0.25) is 5.02 Å². The second-order valence-electron chi connectivity index (χ2n) is 9.06. The van der Waals surface area contributed by atoms with Crippen molar-refractivity contribution in [3.8, 4) is 11.6 Å². The van der Waals surface area contributed by atoms with E-state index in [1.807, 2.05) is 24.3 Å². The fourth-order valence-electron chi connectivity index (χ4n) is 4.95. The molecule has 1 fully saturated rings. The summed E-state index contributed by atoms with van der Waals surface area (Å²) in [5.41, 5.74) is 2.32. The zero-order valence-electron chi connectivity index (χ0n) is 18.6. The highest BCUT2D eigenvalue weighted by atomic mass is 35.5. The molecule has 0 saturated heterocycles. The van der Waals surface area contributed by atoms with Gasteiger partial charge in [0.15, 0.2) is 0 Å². The van der Waals surface area contributed by atoms with Gasteiger partial charge in [-0.3, -0.25) is 4.57 Å². The van der Waals surface area contributed by atoms with Crippen molar-refractivity contribution in [3.05, 3.63) is 64.8 Å². The molecule has 0 spiro atoms. The van der Waals surface area contributed by atoms with Crippen molar-refractivity contribution in [2.24, 2.45) is 0 Å². The highest BCUT2D eigenvalue weighted by Crippen LogP contribution is 2.37.